The number of hydrogen-bond acceptors (Lipinski definition) is 7. The number of halogens is 2. The Morgan fingerprint density at radius 1 is 1.06 bits per heavy atom. The zero-order valence-electron chi connectivity index (χ0n) is 17.4. The minimum atomic E-state index is -0.402. The van der Waals surface area contributed by atoms with Crippen molar-refractivity contribution in [2.24, 2.45) is 0 Å². The second kappa shape index (κ2) is 8.60. The molecule has 0 spiro atoms. The summed E-state index contributed by atoms with van der Waals surface area (Å²) < 4.78 is 16.3. The van der Waals surface area contributed by atoms with E-state index in [2.05, 4.69) is 9.97 Å². The molecule has 0 unspecified atom stereocenters. The van der Waals surface area contributed by atoms with Crippen LogP contribution < -0.4 is 29.7 Å². The molecule has 0 aliphatic carbocycles. The van der Waals surface area contributed by atoms with E-state index in [1.165, 1.54) is 24.0 Å². The van der Waals surface area contributed by atoms with Crippen LogP contribution in [-0.4, -0.2) is 37.3 Å². The van der Waals surface area contributed by atoms with Gasteiger partial charge in [0.05, 0.1) is 32.1 Å². The minimum Gasteiger partial charge on any atom is -0.495 e. The Morgan fingerprint density at radius 2 is 1.72 bits per heavy atom. The van der Waals surface area contributed by atoms with Crippen molar-refractivity contribution in [3.8, 4) is 23.3 Å². The number of fused-ring (bicyclic) bond motifs is 1. The molecule has 166 valence electrons. The van der Waals surface area contributed by atoms with Crippen molar-refractivity contribution in [3.05, 3.63) is 52.1 Å². The molecule has 0 saturated carbocycles. The third-order valence-electron chi connectivity index (χ3n) is 4.92. The van der Waals surface area contributed by atoms with Gasteiger partial charge in [0.1, 0.15) is 27.4 Å². The summed E-state index contributed by atoms with van der Waals surface area (Å²) in [6.45, 7) is 0.127. The molecule has 3 aromatic rings. The number of ether oxygens (including phenoxy) is 3. The summed E-state index contributed by atoms with van der Waals surface area (Å²) in [5, 5.41) is 0.368. The van der Waals surface area contributed by atoms with Crippen LogP contribution in [0, 0.1) is 0 Å². The SMILES string of the molecule is COc1cc(OC)c(Cl)c(N2Cc3cnc(Oc4ccccc4N)nc3N(C)C2=O)c1Cl. The molecule has 11 heteroatoms. The molecule has 2 aromatic carbocycles. The maximum Gasteiger partial charge on any atom is 0.330 e. The number of carbonyl (C=O) groups excluding carboxylic acids is 1. The van der Waals surface area contributed by atoms with Crippen LogP contribution in [0.4, 0.5) is 22.0 Å². The fourth-order valence-electron chi connectivity index (χ4n) is 3.30. The van der Waals surface area contributed by atoms with E-state index in [4.69, 9.17) is 43.1 Å². The average Bonchev–Trinajstić information content (AvgIpc) is 2.79. The van der Waals surface area contributed by atoms with E-state index < -0.39 is 6.03 Å². The largest absolute Gasteiger partial charge is 0.495 e. The van der Waals surface area contributed by atoms with Crippen molar-refractivity contribution in [3.63, 3.8) is 0 Å². The van der Waals surface area contributed by atoms with Crippen molar-refractivity contribution in [1.82, 2.24) is 9.97 Å². The van der Waals surface area contributed by atoms with E-state index in [0.717, 1.165) is 0 Å². The van der Waals surface area contributed by atoms with Crippen LogP contribution >= 0.6 is 23.2 Å². The van der Waals surface area contributed by atoms with Gasteiger partial charge in [0.2, 0.25) is 0 Å². The predicted molar refractivity (Wildman–Crippen MR) is 123 cm³/mol. The van der Waals surface area contributed by atoms with Crippen molar-refractivity contribution < 1.29 is 19.0 Å². The first-order chi connectivity index (χ1) is 15.3. The summed E-state index contributed by atoms with van der Waals surface area (Å²) in [7, 11) is 4.51. The highest BCUT2D eigenvalue weighted by Gasteiger charge is 2.35. The Hall–Kier alpha value is -3.43. The summed E-state index contributed by atoms with van der Waals surface area (Å²) in [4.78, 5) is 24.7. The molecule has 1 aliphatic heterocycles. The van der Waals surface area contributed by atoms with E-state index >= 15 is 0 Å². The Kier molecular flexibility index (Phi) is 5.86. The molecule has 0 atom stereocenters. The van der Waals surface area contributed by atoms with E-state index in [1.54, 1.807) is 43.6 Å². The van der Waals surface area contributed by atoms with Crippen molar-refractivity contribution in [2.75, 3.05) is 36.8 Å². The number of urea groups is 1. The highest BCUT2D eigenvalue weighted by molar-refractivity contribution is 6.42. The summed E-state index contributed by atoms with van der Waals surface area (Å²) in [6.07, 6.45) is 1.58. The molecular formula is C21H19Cl2N5O4. The molecular weight excluding hydrogens is 457 g/mol. The number of nitrogen functional groups attached to an aromatic ring is 1. The fraction of sp³-hybridized carbons (Fsp3) is 0.190. The van der Waals surface area contributed by atoms with Gasteiger partial charge in [0, 0.05) is 24.9 Å². The maximum absolute atomic E-state index is 13.2. The van der Waals surface area contributed by atoms with E-state index in [0.29, 0.717) is 34.3 Å². The highest BCUT2D eigenvalue weighted by Crippen LogP contribution is 2.47. The molecule has 0 fully saturated rings. The first kappa shape index (κ1) is 21.8. The minimum absolute atomic E-state index is 0.0638. The molecule has 2 N–H and O–H groups in total. The number of carbonyl (C=O) groups is 1. The average molecular weight is 476 g/mol. The molecule has 1 aromatic heterocycles. The molecule has 0 radical (unpaired) electrons. The molecule has 0 saturated heterocycles. The number of anilines is 3. The van der Waals surface area contributed by atoms with Crippen LogP contribution in [0.3, 0.4) is 0 Å². The van der Waals surface area contributed by atoms with Crippen LogP contribution in [0.5, 0.6) is 23.3 Å². The summed E-state index contributed by atoms with van der Waals surface area (Å²) in [6, 6.07) is 8.21. The Morgan fingerprint density at radius 3 is 2.34 bits per heavy atom. The van der Waals surface area contributed by atoms with Gasteiger partial charge in [-0.2, -0.15) is 4.98 Å². The van der Waals surface area contributed by atoms with Crippen molar-refractivity contribution in [1.29, 1.82) is 0 Å². The van der Waals surface area contributed by atoms with Crippen LogP contribution in [-0.2, 0) is 6.54 Å². The zero-order chi connectivity index (χ0) is 23.0. The van der Waals surface area contributed by atoms with Gasteiger partial charge in [0.15, 0.2) is 5.75 Å². The lowest BCUT2D eigenvalue weighted by atomic mass is 10.2. The third kappa shape index (κ3) is 3.69. The second-order valence-corrected chi connectivity index (χ2v) is 7.58. The zero-order valence-corrected chi connectivity index (χ0v) is 18.9. The first-order valence-corrected chi connectivity index (χ1v) is 10.1. The summed E-state index contributed by atoms with van der Waals surface area (Å²) in [5.41, 5.74) is 7.29. The number of rotatable bonds is 5. The summed E-state index contributed by atoms with van der Waals surface area (Å²) >= 11 is 13.0. The number of hydrogen-bond donors (Lipinski definition) is 1. The van der Waals surface area contributed by atoms with Crippen molar-refractivity contribution >= 4 is 46.4 Å². The van der Waals surface area contributed by atoms with Crippen LogP contribution in [0.1, 0.15) is 5.56 Å². The fourth-order valence-corrected chi connectivity index (χ4v) is 4.00. The van der Waals surface area contributed by atoms with Gasteiger partial charge in [-0.3, -0.25) is 9.80 Å². The van der Waals surface area contributed by atoms with Gasteiger partial charge in [-0.05, 0) is 12.1 Å². The molecule has 2 heterocycles. The van der Waals surface area contributed by atoms with Gasteiger partial charge in [-0.15, -0.1) is 0 Å². The number of methoxy groups -OCH3 is 2. The number of aromatic nitrogens is 2. The number of benzene rings is 2. The topological polar surface area (TPSA) is 103 Å². The summed E-state index contributed by atoms with van der Waals surface area (Å²) in [5.74, 6) is 1.46. The van der Waals surface area contributed by atoms with E-state index in [1.807, 2.05) is 0 Å². The van der Waals surface area contributed by atoms with E-state index in [9.17, 15) is 4.79 Å². The lowest BCUT2D eigenvalue weighted by Crippen LogP contribution is -2.46. The third-order valence-corrected chi connectivity index (χ3v) is 5.65. The van der Waals surface area contributed by atoms with Crippen LogP contribution in [0.15, 0.2) is 36.5 Å². The van der Waals surface area contributed by atoms with E-state index in [-0.39, 0.29) is 28.3 Å². The Balaban J connectivity index is 1.73. The van der Waals surface area contributed by atoms with Gasteiger partial charge < -0.3 is 19.9 Å². The molecule has 32 heavy (non-hydrogen) atoms. The quantitative estimate of drug-likeness (QED) is 0.530. The number of nitrogens with zero attached hydrogens (tertiary/aromatic N) is 4. The van der Waals surface area contributed by atoms with Crippen molar-refractivity contribution in [2.45, 2.75) is 6.54 Å². The smallest absolute Gasteiger partial charge is 0.330 e. The highest BCUT2D eigenvalue weighted by atomic mass is 35.5. The lowest BCUT2D eigenvalue weighted by Gasteiger charge is -2.35. The number of amides is 2. The molecule has 9 nitrogen and oxygen atoms in total. The van der Waals surface area contributed by atoms with Crippen LogP contribution in [0.2, 0.25) is 10.0 Å². The Labute approximate surface area is 194 Å². The van der Waals surface area contributed by atoms with Gasteiger partial charge in [0.25, 0.3) is 0 Å². The normalized spacial score (nSPS) is 13.1. The molecule has 1 aliphatic rings. The van der Waals surface area contributed by atoms with Gasteiger partial charge in [-0.25, -0.2) is 9.78 Å². The lowest BCUT2D eigenvalue weighted by molar-refractivity contribution is 0.251. The van der Waals surface area contributed by atoms with Gasteiger partial charge in [-0.1, -0.05) is 35.3 Å². The maximum atomic E-state index is 13.2. The number of nitrogens with two attached hydrogens (primary N) is 1. The first-order valence-electron chi connectivity index (χ1n) is 9.39. The molecule has 0 bridgehead atoms. The second-order valence-electron chi connectivity index (χ2n) is 6.83. The molecule has 4 rings (SSSR count). The van der Waals surface area contributed by atoms with Crippen LogP contribution in [0.25, 0.3) is 0 Å². The van der Waals surface area contributed by atoms with Gasteiger partial charge >= 0.3 is 12.0 Å². The standard InChI is InChI=1S/C21H19Cl2N5O4/c1-27-19-11(9-25-20(26-19)32-13-7-5-4-6-12(13)24)10-28(21(27)29)18-16(22)14(30-2)8-15(31-3)17(18)23/h4-9H,10,24H2,1-3H3. The molecule has 2 amide bonds. The Bertz CT molecular complexity index is 1180. The monoisotopic (exact) mass is 475 g/mol. The predicted octanol–water partition coefficient (Wildman–Crippen LogP) is 4.75. The number of para-hydroxylation sites is 2.